The van der Waals surface area contributed by atoms with Gasteiger partial charge >= 0.3 is 0 Å². The van der Waals surface area contributed by atoms with Crippen LogP contribution in [-0.4, -0.2) is 16.1 Å². The molecule has 6 heteroatoms. The highest BCUT2D eigenvalue weighted by Crippen LogP contribution is 2.15. The molecule has 1 aromatic carbocycles. The van der Waals surface area contributed by atoms with Crippen molar-refractivity contribution < 1.29 is 14.4 Å². The molecule has 5 nitrogen and oxygen atoms in total. The number of para-hydroxylation sites is 1. The van der Waals surface area contributed by atoms with Gasteiger partial charge in [0.15, 0.2) is 5.82 Å². The van der Waals surface area contributed by atoms with E-state index < -0.39 is 22.8 Å². The van der Waals surface area contributed by atoms with Gasteiger partial charge in [-0.1, -0.05) is 12.1 Å². The van der Waals surface area contributed by atoms with Crippen LogP contribution in [0.5, 0.6) is 0 Å². The summed E-state index contributed by atoms with van der Waals surface area (Å²) < 4.78 is 13.8. The van der Waals surface area contributed by atoms with Gasteiger partial charge in [-0.3, -0.25) is 14.8 Å². The number of amides is 1. The maximum Gasteiger partial charge on any atom is 0.283 e. The largest absolute Gasteiger partial charge is 0.321 e. The number of nitrogens with one attached hydrogen (secondary N) is 2. The van der Waals surface area contributed by atoms with Crippen molar-refractivity contribution in [3.8, 4) is 0 Å². The molecule has 3 N–H and O–H groups in total. The number of hydrogen-bond acceptors (Lipinski definition) is 3. The Balaban J connectivity index is 2.86. The minimum atomic E-state index is -1.18. The maximum atomic E-state index is 13.8. The maximum absolute atomic E-state index is 13.8. The van der Waals surface area contributed by atoms with E-state index in [9.17, 15) is 14.0 Å². The molecule has 0 spiro atoms. The molecule has 2 aromatic rings. The third kappa shape index (κ3) is 1.45. The van der Waals surface area contributed by atoms with Crippen LogP contribution < -0.4 is 11.0 Å². The number of halogens is 1. The molecule has 16 heavy (non-hydrogen) atoms. The Hall–Kier alpha value is -2.21. The van der Waals surface area contributed by atoms with Crippen molar-refractivity contribution in [3.63, 3.8) is 0 Å². The number of fused-ring (bicyclic) bond motifs is 1. The van der Waals surface area contributed by atoms with Gasteiger partial charge < -0.3 is 4.98 Å². The Morgan fingerprint density at radius 3 is 2.75 bits per heavy atom. The second-order valence-corrected chi connectivity index (χ2v) is 3.13. The Labute approximate surface area is 88.5 Å². The minimum Gasteiger partial charge on any atom is -0.321 e. The first-order chi connectivity index (χ1) is 7.65. The molecule has 0 radical (unpaired) electrons. The lowest BCUT2D eigenvalue weighted by molar-refractivity contribution is 0.0700. The SMILES string of the molecule is O=C(NO)c1c(F)c2ccccc2[nH]c1=O. The number of rotatable bonds is 1. The molecule has 0 saturated heterocycles. The van der Waals surface area contributed by atoms with Crippen molar-refractivity contribution in [1.82, 2.24) is 10.5 Å². The van der Waals surface area contributed by atoms with Gasteiger partial charge in [0.2, 0.25) is 0 Å². The van der Waals surface area contributed by atoms with E-state index in [1.54, 1.807) is 12.1 Å². The highest BCUT2D eigenvalue weighted by Gasteiger charge is 2.18. The van der Waals surface area contributed by atoms with Gasteiger partial charge in [0.1, 0.15) is 5.56 Å². The van der Waals surface area contributed by atoms with Crippen LogP contribution in [0.25, 0.3) is 10.9 Å². The average molecular weight is 222 g/mol. The molecule has 2 rings (SSSR count). The van der Waals surface area contributed by atoms with E-state index in [4.69, 9.17) is 5.21 Å². The summed E-state index contributed by atoms with van der Waals surface area (Å²) in [6.07, 6.45) is 0. The van der Waals surface area contributed by atoms with Crippen LogP contribution in [0.3, 0.4) is 0 Å². The topological polar surface area (TPSA) is 82.2 Å². The number of benzene rings is 1. The molecule has 1 aromatic heterocycles. The predicted molar refractivity (Wildman–Crippen MR) is 53.8 cm³/mol. The molecule has 0 atom stereocenters. The summed E-state index contributed by atoms with van der Waals surface area (Å²) >= 11 is 0. The summed E-state index contributed by atoms with van der Waals surface area (Å²) in [5, 5.41) is 8.50. The van der Waals surface area contributed by atoms with E-state index >= 15 is 0 Å². The van der Waals surface area contributed by atoms with Gasteiger partial charge in [-0.05, 0) is 12.1 Å². The summed E-state index contributed by atoms with van der Waals surface area (Å²) in [6, 6.07) is 6.14. The Morgan fingerprint density at radius 1 is 1.38 bits per heavy atom. The third-order valence-corrected chi connectivity index (χ3v) is 2.19. The van der Waals surface area contributed by atoms with E-state index in [-0.39, 0.29) is 5.39 Å². The Morgan fingerprint density at radius 2 is 2.06 bits per heavy atom. The number of hydroxylamine groups is 1. The van der Waals surface area contributed by atoms with Crippen molar-refractivity contribution in [2.45, 2.75) is 0 Å². The molecule has 82 valence electrons. The number of aromatic nitrogens is 1. The highest BCUT2D eigenvalue weighted by atomic mass is 19.1. The molecule has 0 fully saturated rings. The molecular weight excluding hydrogens is 215 g/mol. The van der Waals surface area contributed by atoms with E-state index in [2.05, 4.69) is 4.98 Å². The number of aromatic amines is 1. The summed E-state index contributed by atoms with van der Waals surface area (Å²) in [4.78, 5) is 24.8. The molecule has 1 heterocycles. The summed E-state index contributed by atoms with van der Waals surface area (Å²) in [5.41, 5.74) is -0.101. The van der Waals surface area contributed by atoms with Crippen LogP contribution in [0.15, 0.2) is 29.1 Å². The number of H-pyrrole nitrogens is 1. The second kappa shape index (κ2) is 3.74. The highest BCUT2D eigenvalue weighted by molar-refractivity contribution is 5.97. The van der Waals surface area contributed by atoms with Crippen molar-refractivity contribution >= 4 is 16.8 Å². The lowest BCUT2D eigenvalue weighted by atomic mass is 10.1. The molecule has 0 bridgehead atoms. The van der Waals surface area contributed by atoms with Gasteiger partial charge in [-0.15, -0.1) is 0 Å². The molecular formula is C10H7FN2O3. The lowest BCUT2D eigenvalue weighted by Crippen LogP contribution is -2.28. The van der Waals surface area contributed by atoms with E-state index in [1.807, 2.05) is 0 Å². The normalized spacial score (nSPS) is 10.4. The molecule has 1 amide bonds. The number of carbonyl (C=O) groups is 1. The lowest BCUT2D eigenvalue weighted by Gasteiger charge is -2.03. The van der Waals surface area contributed by atoms with E-state index in [1.165, 1.54) is 17.6 Å². The number of pyridine rings is 1. The number of hydrogen-bond donors (Lipinski definition) is 3. The van der Waals surface area contributed by atoms with Crippen molar-refractivity contribution in [3.05, 3.63) is 46.0 Å². The first-order valence-corrected chi connectivity index (χ1v) is 4.40. The zero-order valence-electron chi connectivity index (χ0n) is 7.95. The van der Waals surface area contributed by atoms with Gasteiger partial charge in [-0.2, -0.15) is 0 Å². The van der Waals surface area contributed by atoms with Crippen LogP contribution in [0.4, 0.5) is 4.39 Å². The monoisotopic (exact) mass is 222 g/mol. The predicted octanol–water partition coefficient (Wildman–Crippen LogP) is 0.786. The van der Waals surface area contributed by atoms with Crippen LogP contribution in [0, 0.1) is 5.82 Å². The van der Waals surface area contributed by atoms with Gasteiger partial charge in [0.25, 0.3) is 11.5 Å². The first-order valence-electron chi connectivity index (χ1n) is 4.40. The first kappa shape index (κ1) is 10.3. The fraction of sp³-hybridized carbons (Fsp3) is 0. The standard InChI is InChI=1S/C10H7FN2O3/c11-8-5-3-1-2-4-6(5)12-9(14)7(8)10(15)13-16/h1-4,16H,(H,12,14)(H,13,15). The van der Waals surface area contributed by atoms with Gasteiger partial charge in [0.05, 0.1) is 5.52 Å². The zero-order valence-corrected chi connectivity index (χ0v) is 7.95. The average Bonchev–Trinajstić information content (AvgIpc) is 2.28. The van der Waals surface area contributed by atoms with Crippen molar-refractivity contribution in [1.29, 1.82) is 0 Å². The van der Waals surface area contributed by atoms with Gasteiger partial charge in [0, 0.05) is 5.39 Å². The van der Waals surface area contributed by atoms with Crippen LogP contribution in [0.1, 0.15) is 10.4 Å². The number of carbonyl (C=O) groups excluding carboxylic acids is 1. The third-order valence-electron chi connectivity index (χ3n) is 2.19. The summed E-state index contributed by atoms with van der Waals surface area (Å²) in [5.74, 6) is -2.13. The van der Waals surface area contributed by atoms with Crippen LogP contribution in [-0.2, 0) is 0 Å². The molecule has 0 unspecified atom stereocenters. The fourth-order valence-corrected chi connectivity index (χ4v) is 1.46. The Bertz CT molecular complexity index is 621. The zero-order chi connectivity index (χ0) is 11.7. The Kier molecular flexibility index (Phi) is 2.41. The summed E-state index contributed by atoms with van der Waals surface area (Å²) in [7, 11) is 0. The minimum absolute atomic E-state index is 0.112. The van der Waals surface area contributed by atoms with E-state index in [0.29, 0.717) is 5.52 Å². The van der Waals surface area contributed by atoms with Crippen LogP contribution in [0.2, 0.25) is 0 Å². The summed E-state index contributed by atoms with van der Waals surface area (Å²) in [6.45, 7) is 0. The fourth-order valence-electron chi connectivity index (χ4n) is 1.46. The second-order valence-electron chi connectivity index (χ2n) is 3.13. The molecule has 0 aliphatic carbocycles. The van der Waals surface area contributed by atoms with Crippen LogP contribution >= 0.6 is 0 Å². The van der Waals surface area contributed by atoms with Crippen molar-refractivity contribution in [2.75, 3.05) is 0 Å². The molecule has 0 saturated carbocycles. The van der Waals surface area contributed by atoms with Crippen molar-refractivity contribution in [2.24, 2.45) is 0 Å². The smallest absolute Gasteiger partial charge is 0.283 e. The quantitative estimate of drug-likeness (QED) is 0.492. The molecule has 0 aliphatic heterocycles. The van der Waals surface area contributed by atoms with E-state index in [0.717, 1.165) is 0 Å². The molecule has 0 aliphatic rings. The van der Waals surface area contributed by atoms with Gasteiger partial charge in [-0.25, -0.2) is 9.87 Å².